The molecule has 0 fully saturated rings. The standard InChI is InChI=1S/C13H13BrN4O3/c1-8-9(3-2-4-10(8)14)12(19)15-5-6-18-7-11(13(20)21)16-17-18/h2-4,7H,5-6H2,1H3,(H,15,19)(H,20,21). The molecule has 0 saturated carbocycles. The van der Waals surface area contributed by atoms with Crippen molar-refractivity contribution in [2.24, 2.45) is 0 Å². The number of aromatic nitrogens is 3. The summed E-state index contributed by atoms with van der Waals surface area (Å²) in [6.45, 7) is 2.53. The first-order valence-corrected chi connectivity index (χ1v) is 6.95. The van der Waals surface area contributed by atoms with Crippen LogP contribution in [-0.4, -0.2) is 38.5 Å². The van der Waals surface area contributed by atoms with Crippen LogP contribution in [0.3, 0.4) is 0 Å². The van der Waals surface area contributed by atoms with Gasteiger partial charge in [0.05, 0.1) is 12.7 Å². The first-order chi connectivity index (χ1) is 9.99. The third-order valence-electron chi connectivity index (χ3n) is 2.90. The normalized spacial score (nSPS) is 10.4. The quantitative estimate of drug-likeness (QED) is 0.849. The van der Waals surface area contributed by atoms with E-state index in [0.717, 1.165) is 10.0 Å². The molecule has 2 N–H and O–H groups in total. The molecule has 0 unspecified atom stereocenters. The maximum atomic E-state index is 12.1. The van der Waals surface area contributed by atoms with Crippen LogP contribution in [0.15, 0.2) is 28.9 Å². The summed E-state index contributed by atoms with van der Waals surface area (Å²) in [6, 6.07) is 5.41. The number of hydrogen-bond acceptors (Lipinski definition) is 4. The predicted octanol–water partition coefficient (Wildman–Crippen LogP) is 1.48. The fraction of sp³-hybridized carbons (Fsp3) is 0.231. The van der Waals surface area contributed by atoms with Crippen LogP contribution in [0.5, 0.6) is 0 Å². The predicted molar refractivity (Wildman–Crippen MR) is 78.2 cm³/mol. The van der Waals surface area contributed by atoms with Gasteiger partial charge in [0.15, 0.2) is 5.69 Å². The highest BCUT2D eigenvalue weighted by atomic mass is 79.9. The van der Waals surface area contributed by atoms with Crippen molar-refractivity contribution in [1.29, 1.82) is 0 Å². The van der Waals surface area contributed by atoms with Gasteiger partial charge in [-0.05, 0) is 24.6 Å². The zero-order chi connectivity index (χ0) is 15.4. The van der Waals surface area contributed by atoms with Crippen molar-refractivity contribution < 1.29 is 14.7 Å². The summed E-state index contributed by atoms with van der Waals surface area (Å²) in [5, 5.41) is 18.6. The summed E-state index contributed by atoms with van der Waals surface area (Å²) in [6.07, 6.45) is 1.32. The molecule has 0 aliphatic rings. The number of carbonyl (C=O) groups excluding carboxylic acids is 1. The topological polar surface area (TPSA) is 97.1 Å². The van der Waals surface area contributed by atoms with Crippen LogP contribution in [0.25, 0.3) is 0 Å². The first kappa shape index (κ1) is 15.2. The molecule has 7 nitrogen and oxygen atoms in total. The minimum Gasteiger partial charge on any atom is -0.476 e. The van der Waals surface area contributed by atoms with Gasteiger partial charge in [-0.15, -0.1) is 5.10 Å². The van der Waals surface area contributed by atoms with E-state index in [1.807, 2.05) is 13.0 Å². The van der Waals surface area contributed by atoms with E-state index in [-0.39, 0.29) is 11.6 Å². The summed E-state index contributed by atoms with van der Waals surface area (Å²) in [5.41, 5.74) is 1.34. The number of carboxylic acids is 1. The number of aromatic carboxylic acids is 1. The Balaban J connectivity index is 1.92. The van der Waals surface area contributed by atoms with Crippen LogP contribution in [0.2, 0.25) is 0 Å². The molecular formula is C13H13BrN4O3. The van der Waals surface area contributed by atoms with Crippen molar-refractivity contribution in [2.45, 2.75) is 13.5 Å². The largest absolute Gasteiger partial charge is 0.476 e. The number of amides is 1. The van der Waals surface area contributed by atoms with Crippen molar-refractivity contribution in [1.82, 2.24) is 20.3 Å². The van der Waals surface area contributed by atoms with Gasteiger partial charge in [0.1, 0.15) is 0 Å². The Hall–Kier alpha value is -2.22. The van der Waals surface area contributed by atoms with Gasteiger partial charge in [0.25, 0.3) is 5.91 Å². The number of halogens is 1. The second-order valence-corrected chi connectivity index (χ2v) is 5.19. The van der Waals surface area contributed by atoms with Gasteiger partial charge in [0.2, 0.25) is 0 Å². The van der Waals surface area contributed by atoms with E-state index in [0.29, 0.717) is 18.7 Å². The molecule has 0 bridgehead atoms. The van der Waals surface area contributed by atoms with Gasteiger partial charge in [-0.2, -0.15) is 0 Å². The van der Waals surface area contributed by atoms with E-state index in [2.05, 4.69) is 31.6 Å². The molecule has 1 amide bonds. The third-order valence-corrected chi connectivity index (χ3v) is 3.76. The molecule has 0 spiro atoms. The molecule has 110 valence electrons. The van der Waals surface area contributed by atoms with Crippen molar-refractivity contribution >= 4 is 27.8 Å². The average Bonchev–Trinajstić information content (AvgIpc) is 2.91. The molecule has 2 aromatic rings. The van der Waals surface area contributed by atoms with E-state index < -0.39 is 5.97 Å². The number of nitrogens with one attached hydrogen (secondary N) is 1. The van der Waals surface area contributed by atoms with Crippen molar-refractivity contribution in [2.75, 3.05) is 6.54 Å². The number of nitrogens with zero attached hydrogens (tertiary/aromatic N) is 3. The van der Waals surface area contributed by atoms with E-state index in [4.69, 9.17) is 5.11 Å². The van der Waals surface area contributed by atoms with Crippen molar-refractivity contribution in [3.63, 3.8) is 0 Å². The lowest BCUT2D eigenvalue weighted by Gasteiger charge is -2.08. The molecule has 0 radical (unpaired) electrons. The first-order valence-electron chi connectivity index (χ1n) is 6.16. The minimum absolute atomic E-state index is 0.121. The lowest BCUT2D eigenvalue weighted by molar-refractivity contribution is 0.0690. The van der Waals surface area contributed by atoms with Crippen LogP contribution in [-0.2, 0) is 6.54 Å². The number of carboxylic acid groups (broad SMARTS) is 1. The number of benzene rings is 1. The summed E-state index contributed by atoms with van der Waals surface area (Å²) < 4.78 is 2.25. The fourth-order valence-corrected chi connectivity index (χ4v) is 2.10. The molecule has 0 atom stereocenters. The van der Waals surface area contributed by atoms with Crippen LogP contribution < -0.4 is 5.32 Å². The summed E-state index contributed by atoms with van der Waals surface area (Å²) >= 11 is 3.38. The third kappa shape index (κ3) is 3.66. The fourth-order valence-electron chi connectivity index (χ4n) is 1.74. The smallest absolute Gasteiger partial charge is 0.358 e. The molecule has 8 heteroatoms. The van der Waals surface area contributed by atoms with Gasteiger partial charge >= 0.3 is 5.97 Å². The van der Waals surface area contributed by atoms with Crippen LogP contribution in [0, 0.1) is 6.92 Å². The number of carbonyl (C=O) groups is 2. The van der Waals surface area contributed by atoms with Gasteiger partial charge in [0, 0.05) is 16.6 Å². The molecule has 0 saturated heterocycles. The molecule has 1 heterocycles. The molecule has 1 aromatic heterocycles. The molecule has 21 heavy (non-hydrogen) atoms. The molecule has 0 aliphatic carbocycles. The zero-order valence-corrected chi connectivity index (χ0v) is 12.8. The molecule has 2 rings (SSSR count). The maximum Gasteiger partial charge on any atom is 0.358 e. The second kappa shape index (κ2) is 6.49. The Labute approximate surface area is 129 Å². The molecule has 1 aromatic carbocycles. The van der Waals surface area contributed by atoms with Crippen molar-refractivity contribution in [3.05, 3.63) is 45.7 Å². The Bertz CT molecular complexity index is 684. The summed E-state index contributed by atoms with van der Waals surface area (Å²) in [5.74, 6) is -1.32. The Kier molecular flexibility index (Phi) is 4.69. The summed E-state index contributed by atoms with van der Waals surface area (Å²) in [7, 11) is 0. The Morgan fingerprint density at radius 2 is 2.19 bits per heavy atom. The Morgan fingerprint density at radius 1 is 1.43 bits per heavy atom. The average molecular weight is 353 g/mol. The van der Waals surface area contributed by atoms with Crippen molar-refractivity contribution in [3.8, 4) is 0 Å². The van der Waals surface area contributed by atoms with Gasteiger partial charge < -0.3 is 10.4 Å². The van der Waals surface area contributed by atoms with Crippen LogP contribution >= 0.6 is 15.9 Å². The maximum absolute atomic E-state index is 12.1. The SMILES string of the molecule is Cc1c(Br)cccc1C(=O)NCCn1cc(C(=O)O)nn1. The van der Waals surface area contributed by atoms with Crippen LogP contribution in [0.1, 0.15) is 26.4 Å². The highest BCUT2D eigenvalue weighted by Gasteiger charge is 2.11. The minimum atomic E-state index is -1.13. The van der Waals surface area contributed by atoms with Gasteiger partial charge in [-0.25, -0.2) is 9.48 Å². The highest BCUT2D eigenvalue weighted by molar-refractivity contribution is 9.10. The highest BCUT2D eigenvalue weighted by Crippen LogP contribution is 2.19. The zero-order valence-electron chi connectivity index (χ0n) is 11.2. The van der Waals surface area contributed by atoms with E-state index in [1.54, 1.807) is 12.1 Å². The number of hydrogen-bond donors (Lipinski definition) is 2. The number of rotatable bonds is 5. The van der Waals surface area contributed by atoms with Crippen LogP contribution in [0.4, 0.5) is 0 Å². The van der Waals surface area contributed by atoms with E-state index in [1.165, 1.54) is 10.9 Å². The summed E-state index contributed by atoms with van der Waals surface area (Å²) in [4.78, 5) is 22.7. The second-order valence-electron chi connectivity index (χ2n) is 4.34. The van der Waals surface area contributed by atoms with Gasteiger partial charge in [-0.3, -0.25) is 4.79 Å². The lowest BCUT2D eigenvalue weighted by atomic mass is 10.1. The molecular weight excluding hydrogens is 340 g/mol. The van der Waals surface area contributed by atoms with E-state index >= 15 is 0 Å². The van der Waals surface area contributed by atoms with Gasteiger partial charge in [-0.1, -0.05) is 27.2 Å². The Morgan fingerprint density at radius 3 is 2.86 bits per heavy atom. The monoisotopic (exact) mass is 352 g/mol. The lowest BCUT2D eigenvalue weighted by Crippen LogP contribution is -2.28. The molecule has 0 aliphatic heterocycles. The van der Waals surface area contributed by atoms with E-state index in [9.17, 15) is 9.59 Å².